The molecule has 1 N–H and O–H groups in total. The van der Waals surface area contributed by atoms with Gasteiger partial charge in [-0.3, -0.25) is 4.79 Å². The minimum Gasteiger partial charge on any atom is -0.320 e. The van der Waals surface area contributed by atoms with Crippen molar-refractivity contribution in [3.63, 3.8) is 0 Å². The second-order valence-corrected chi connectivity index (χ2v) is 6.50. The minimum absolute atomic E-state index is 0.233. The SMILES string of the molecule is CCN(c1ccccc1)c1nc(C)cc(C(=O)Nc2c(C)cccc2C)n1. The van der Waals surface area contributed by atoms with Gasteiger partial charge < -0.3 is 10.2 Å². The molecular weight excluding hydrogens is 336 g/mol. The topological polar surface area (TPSA) is 58.1 Å². The number of carbonyl (C=O) groups excluding carboxylic acids is 1. The van der Waals surface area contributed by atoms with E-state index in [1.165, 1.54) is 0 Å². The molecule has 1 aromatic heterocycles. The zero-order valence-electron chi connectivity index (χ0n) is 16.2. The molecule has 138 valence electrons. The first kappa shape index (κ1) is 18.6. The Morgan fingerprint density at radius 1 is 0.963 bits per heavy atom. The standard InChI is InChI=1S/C22H24N4O/c1-5-26(18-12-7-6-8-13-18)22-23-17(4)14-19(24-22)21(27)25-20-15(2)10-9-11-16(20)3/h6-14H,5H2,1-4H3,(H,25,27). The highest BCUT2D eigenvalue weighted by molar-refractivity contribution is 6.04. The van der Waals surface area contributed by atoms with E-state index in [0.717, 1.165) is 28.2 Å². The summed E-state index contributed by atoms with van der Waals surface area (Å²) in [5.41, 5.74) is 4.97. The molecule has 0 bridgehead atoms. The first-order valence-corrected chi connectivity index (χ1v) is 9.05. The van der Waals surface area contributed by atoms with Gasteiger partial charge in [0.05, 0.1) is 0 Å². The molecule has 5 nitrogen and oxygen atoms in total. The summed E-state index contributed by atoms with van der Waals surface area (Å²) >= 11 is 0. The van der Waals surface area contributed by atoms with Crippen LogP contribution in [0.4, 0.5) is 17.3 Å². The van der Waals surface area contributed by atoms with Gasteiger partial charge in [-0.25, -0.2) is 9.97 Å². The average molecular weight is 360 g/mol. The van der Waals surface area contributed by atoms with Gasteiger partial charge in [-0.2, -0.15) is 0 Å². The van der Waals surface area contributed by atoms with Crippen molar-refractivity contribution >= 4 is 23.2 Å². The summed E-state index contributed by atoms with van der Waals surface area (Å²) < 4.78 is 0. The Kier molecular flexibility index (Phi) is 5.50. The smallest absolute Gasteiger partial charge is 0.274 e. The van der Waals surface area contributed by atoms with Gasteiger partial charge in [-0.1, -0.05) is 36.4 Å². The van der Waals surface area contributed by atoms with E-state index < -0.39 is 0 Å². The molecule has 0 saturated heterocycles. The van der Waals surface area contributed by atoms with Crippen molar-refractivity contribution in [2.24, 2.45) is 0 Å². The molecular formula is C22H24N4O. The molecule has 5 heteroatoms. The summed E-state index contributed by atoms with van der Waals surface area (Å²) in [4.78, 5) is 23.9. The van der Waals surface area contributed by atoms with E-state index in [9.17, 15) is 4.79 Å². The summed E-state index contributed by atoms with van der Waals surface area (Å²) in [6.45, 7) is 8.57. The monoisotopic (exact) mass is 360 g/mol. The highest BCUT2D eigenvalue weighted by atomic mass is 16.1. The Hall–Kier alpha value is -3.21. The number of aromatic nitrogens is 2. The van der Waals surface area contributed by atoms with Crippen LogP contribution in [0.3, 0.4) is 0 Å². The lowest BCUT2D eigenvalue weighted by Crippen LogP contribution is -2.22. The number of amides is 1. The van der Waals surface area contributed by atoms with Gasteiger partial charge in [-0.05, 0) is 57.0 Å². The fraction of sp³-hybridized carbons (Fsp3) is 0.227. The predicted molar refractivity (Wildman–Crippen MR) is 110 cm³/mol. The molecule has 0 aliphatic rings. The molecule has 1 heterocycles. The molecule has 2 aromatic carbocycles. The second-order valence-electron chi connectivity index (χ2n) is 6.50. The third-order valence-electron chi connectivity index (χ3n) is 4.42. The predicted octanol–water partition coefficient (Wildman–Crippen LogP) is 4.81. The van der Waals surface area contributed by atoms with Crippen molar-refractivity contribution < 1.29 is 4.79 Å². The quantitative estimate of drug-likeness (QED) is 0.709. The number of aryl methyl sites for hydroxylation is 3. The van der Waals surface area contributed by atoms with Gasteiger partial charge >= 0.3 is 0 Å². The van der Waals surface area contributed by atoms with Crippen LogP contribution in [0.2, 0.25) is 0 Å². The van der Waals surface area contributed by atoms with Gasteiger partial charge in [0.25, 0.3) is 5.91 Å². The van der Waals surface area contributed by atoms with Crippen LogP contribution >= 0.6 is 0 Å². The average Bonchev–Trinajstić information content (AvgIpc) is 2.66. The fourth-order valence-electron chi connectivity index (χ4n) is 3.03. The fourth-order valence-corrected chi connectivity index (χ4v) is 3.03. The van der Waals surface area contributed by atoms with Crippen molar-refractivity contribution in [3.05, 3.63) is 77.1 Å². The van der Waals surface area contributed by atoms with Crippen LogP contribution < -0.4 is 10.2 Å². The number of carbonyl (C=O) groups is 1. The number of nitrogens with one attached hydrogen (secondary N) is 1. The number of benzene rings is 2. The maximum absolute atomic E-state index is 12.9. The lowest BCUT2D eigenvalue weighted by atomic mass is 10.1. The molecule has 0 aliphatic carbocycles. The van der Waals surface area contributed by atoms with Crippen LogP contribution in [0.15, 0.2) is 54.6 Å². The molecule has 3 aromatic rings. The molecule has 0 unspecified atom stereocenters. The van der Waals surface area contributed by atoms with Crippen LogP contribution in [-0.2, 0) is 0 Å². The molecule has 0 fully saturated rings. The van der Waals surface area contributed by atoms with Crippen LogP contribution in [0, 0.1) is 20.8 Å². The molecule has 0 spiro atoms. The molecule has 0 aliphatic heterocycles. The molecule has 0 radical (unpaired) electrons. The van der Waals surface area contributed by atoms with Gasteiger partial charge in [0.2, 0.25) is 5.95 Å². The molecule has 27 heavy (non-hydrogen) atoms. The van der Waals surface area contributed by atoms with Gasteiger partial charge in [-0.15, -0.1) is 0 Å². The zero-order valence-corrected chi connectivity index (χ0v) is 16.2. The summed E-state index contributed by atoms with van der Waals surface area (Å²) in [7, 11) is 0. The summed E-state index contributed by atoms with van der Waals surface area (Å²) in [5, 5.41) is 3.00. The van der Waals surface area contributed by atoms with Crippen LogP contribution in [0.5, 0.6) is 0 Å². The van der Waals surface area contributed by atoms with E-state index >= 15 is 0 Å². The molecule has 0 atom stereocenters. The van der Waals surface area contributed by atoms with E-state index in [1.54, 1.807) is 6.07 Å². The normalized spacial score (nSPS) is 10.5. The van der Waals surface area contributed by atoms with Crippen LogP contribution in [-0.4, -0.2) is 22.4 Å². The highest BCUT2D eigenvalue weighted by Crippen LogP contribution is 2.23. The van der Waals surface area contributed by atoms with Gasteiger partial charge in [0.15, 0.2) is 0 Å². The third kappa shape index (κ3) is 4.14. The number of hydrogen-bond donors (Lipinski definition) is 1. The number of nitrogens with zero attached hydrogens (tertiary/aromatic N) is 3. The minimum atomic E-state index is -0.233. The van der Waals surface area contributed by atoms with Crippen LogP contribution in [0.25, 0.3) is 0 Å². The summed E-state index contributed by atoms with van der Waals surface area (Å²) in [6, 6.07) is 17.6. The van der Waals surface area contributed by atoms with Crippen LogP contribution in [0.1, 0.15) is 34.2 Å². The van der Waals surface area contributed by atoms with Crippen molar-refractivity contribution in [2.75, 3.05) is 16.8 Å². The molecule has 0 saturated carbocycles. The van der Waals surface area contributed by atoms with Gasteiger partial charge in [0, 0.05) is 23.6 Å². The maximum atomic E-state index is 12.9. The van der Waals surface area contributed by atoms with Crippen molar-refractivity contribution in [2.45, 2.75) is 27.7 Å². The van der Waals surface area contributed by atoms with Crippen molar-refractivity contribution in [1.82, 2.24) is 9.97 Å². The Labute approximate surface area is 160 Å². The number of hydrogen-bond acceptors (Lipinski definition) is 4. The number of rotatable bonds is 5. The van der Waals surface area contributed by atoms with E-state index in [1.807, 2.05) is 81.1 Å². The van der Waals surface area contributed by atoms with E-state index in [4.69, 9.17) is 0 Å². The number of anilines is 3. The van der Waals surface area contributed by atoms with Crippen molar-refractivity contribution in [1.29, 1.82) is 0 Å². The Balaban J connectivity index is 1.94. The first-order chi connectivity index (χ1) is 13.0. The lowest BCUT2D eigenvalue weighted by Gasteiger charge is -2.21. The van der Waals surface area contributed by atoms with E-state index in [2.05, 4.69) is 15.3 Å². The second kappa shape index (κ2) is 7.99. The van der Waals surface area contributed by atoms with E-state index in [-0.39, 0.29) is 5.91 Å². The summed E-state index contributed by atoms with van der Waals surface area (Å²) in [5.74, 6) is 0.290. The largest absolute Gasteiger partial charge is 0.320 e. The highest BCUT2D eigenvalue weighted by Gasteiger charge is 2.16. The van der Waals surface area contributed by atoms with Gasteiger partial charge in [0.1, 0.15) is 5.69 Å². The third-order valence-corrected chi connectivity index (χ3v) is 4.42. The van der Waals surface area contributed by atoms with Crippen molar-refractivity contribution in [3.8, 4) is 0 Å². The molecule has 3 rings (SSSR count). The Morgan fingerprint density at radius 2 is 1.63 bits per heavy atom. The first-order valence-electron chi connectivity index (χ1n) is 9.05. The Bertz CT molecular complexity index is 934. The Morgan fingerprint density at radius 3 is 2.26 bits per heavy atom. The van der Waals surface area contributed by atoms with E-state index in [0.29, 0.717) is 18.2 Å². The molecule has 1 amide bonds. The number of para-hydroxylation sites is 2. The zero-order chi connectivity index (χ0) is 19.4. The summed E-state index contributed by atoms with van der Waals surface area (Å²) in [6.07, 6.45) is 0. The maximum Gasteiger partial charge on any atom is 0.274 e. The lowest BCUT2D eigenvalue weighted by molar-refractivity contribution is 0.102.